The van der Waals surface area contributed by atoms with Crippen molar-refractivity contribution < 1.29 is 27.5 Å². The first-order chi connectivity index (χ1) is 16.4. The summed E-state index contributed by atoms with van der Waals surface area (Å²) >= 11 is 0. The molecule has 0 bridgehead atoms. The van der Waals surface area contributed by atoms with E-state index in [4.69, 9.17) is 9.47 Å². The number of sulfonamides is 1. The standard InChI is InChI=1S/C24H21N3O6S/c28-23-8-3-11-27(23)19-6-2-5-17(13-19)25-24(29)16-4-1-7-20(12-16)34(30,31)26-18-9-10-21-22(14-18)33-15-32-21/h1-2,4-7,9-10,12-14,26H,3,8,11,15H2,(H,25,29). The largest absolute Gasteiger partial charge is 0.454 e. The third-order valence-corrected chi connectivity index (χ3v) is 6.90. The number of hydrogen-bond donors (Lipinski definition) is 2. The highest BCUT2D eigenvalue weighted by Crippen LogP contribution is 2.35. The number of hydrogen-bond acceptors (Lipinski definition) is 6. The SMILES string of the molecule is O=C(Nc1cccc(N2CCCC2=O)c1)c1cccc(S(=O)(=O)Nc2ccc3c(c2)OCO3)c1. The molecule has 5 rings (SSSR count). The first-order valence-electron chi connectivity index (χ1n) is 10.6. The maximum Gasteiger partial charge on any atom is 0.261 e. The first-order valence-corrected chi connectivity index (χ1v) is 12.1. The number of nitrogens with one attached hydrogen (secondary N) is 2. The van der Waals surface area contributed by atoms with Crippen LogP contribution in [-0.4, -0.2) is 33.6 Å². The van der Waals surface area contributed by atoms with Gasteiger partial charge in [-0.15, -0.1) is 0 Å². The second kappa shape index (κ2) is 8.71. The third-order valence-electron chi connectivity index (χ3n) is 5.52. The molecule has 2 heterocycles. The molecule has 2 aliphatic rings. The van der Waals surface area contributed by atoms with Gasteiger partial charge in [0.05, 0.1) is 10.6 Å². The Balaban J connectivity index is 1.32. The van der Waals surface area contributed by atoms with Crippen LogP contribution in [0.3, 0.4) is 0 Å². The molecule has 3 aromatic rings. The summed E-state index contributed by atoms with van der Waals surface area (Å²) in [5.41, 5.74) is 1.71. The molecule has 9 nitrogen and oxygen atoms in total. The Morgan fingerprint density at radius 1 is 0.912 bits per heavy atom. The summed E-state index contributed by atoms with van der Waals surface area (Å²) in [6, 6.07) is 17.5. The predicted molar refractivity (Wildman–Crippen MR) is 126 cm³/mol. The van der Waals surface area contributed by atoms with E-state index in [-0.39, 0.29) is 23.2 Å². The number of carbonyl (C=O) groups is 2. The Hall–Kier alpha value is -4.05. The van der Waals surface area contributed by atoms with E-state index in [0.717, 1.165) is 6.42 Å². The fraction of sp³-hybridized carbons (Fsp3) is 0.167. The van der Waals surface area contributed by atoms with Crippen LogP contribution in [0, 0.1) is 0 Å². The average molecular weight is 480 g/mol. The number of carbonyl (C=O) groups excluding carboxylic acids is 2. The van der Waals surface area contributed by atoms with Crippen LogP contribution < -0.4 is 24.4 Å². The van der Waals surface area contributed by atoms with Crippen molar-refractivity contribution in [2.45, 2.75) is 17.7 Å². The number of anilines is 3. The average Bonchev–Trinajstić information content (AvgIpc) is 3.47. The van der Waals surface area contributed by atoms with Gasteiger partial charge in [-0.1, -0.05) is 12.1 Å². The first kappa shape index (κ1) is 21.8. The van der Waals surface area contributed by atoms with Crippen LogP contribution in [0.5, 0.6) is 11.5 Å². The van der Waals surface area contributed by atoms with E-state index in [9.17, 15) is 18.0 Å². The summed E-state index contributed by atoms with van der Waals surface area (Å²) < 4.78 is 38.8. The Morgan fingerprint density at radius 2 is 1.74 bits per heavy atom. The minimum atomic E-state index is -3.95. The van der Waals surface area contributed by atoms with Gasteiger partial charge < -0.3 is 19.7 Å². The lowest BCUT2D eigenvalue weighted by Gasteiger charge is -2.17. The molecule has 2 amide bonds. The van der Waals surface area contributed by atoms with Crippen molar-refractivity contribution in [3.8, 4) is 11.5 Å². The van der Waals surface area contributed by atoms with Crippen LogP contribution in [0.4, 0.5) is 17.1 Å². The molecule has 174 valence electrons. The smallest absolute Gasteiger partial charge is 0.261 e. The topological polar surface area (TPSA) is 114 Å². The summed E-state index contributed by atoms with van der Waals surface area (Å²) in [7, 11) is -3.95. The number of nitrogens with zero attached hydrogens (tertiary/aromatic N) is 1. The molecule has 0 aromatic heterocycles. The molecule has 0 aliphatic carbocycles. The van der Waals surface area contributed by atoms with Crippen molar-refractivity contribution >= 4 is 38.9 Å². The summed E-state index contributed by atoms with van der Waals surface area (Å²) in [5.74, 6) is 0.576. The normalized spacial score (nSPS) is 14.8. The maximum atomic E-state index is 12.9. The molecule has 0 saturated carbocycles. The molecule has 34 heavy (non-hydrogen) atoms. The Morgan fingerprint density at radius 3 is 2.56 bits per heavy atom. The van der Waals surface area contributed by atoms with Crippen LogP contribution in [0.1, 0.15) is 23.2 Å². The molecule has 0 spiro atoms. The van der Waals surface area contributed by atoms with E-state index in [1.807, 2.05) is 6.07 Å². The quantitative estimate of drug-likeness (QED) is 0.559. The summed E-state index contributed by atoms with van der Waals surface area (Å²) in [5, 5.41) is 2.77. The second-order valence-corrected chi connectivity index (χ2v) is 9.54. The lowest BCUT2D eigenvalue weighted by atomic mass is 10.2. The van der Waals surface area contributed by atoms with Crippen LogP contribution >= 0.6 is 0 Å². The molecular weight excluding hydrogens is 458 g/mol. The highest BCUT2D eigenvalue weighted by Gasteiger charge is 2.22. The van der Waals surface area contributed by atoms with Gasteiger partial charge in [0.15, 0.2) is 11.5 Å². The summed E-state index contributed by atoms with van der Waals surface area (Å²) in [6.07, 6.45) is 1.31. The van der Waals surface area contributed by atoms with Crippen LogP contribution in [0.15, 0.2) is 71.6 Å². The van der Waals surface area contributed by atoms with Crippen LogP contribution in [0.25, 0.3) is 0 Å². The molecule has 3 aromatic carbocycles. The third kappa shape index (κ3) is 4.40. The van der Waals surface area contributed by atoms with Crippen molar-refractivity contribution in [2.75, 3.05) is 28.3 Å². The van der Waals surface area contributed by atoms with E-state index in [2.05, 4.69) is 10.0 Å². The molecule has 0 radical (unpaired) electrons. The lowest BCUT2D eigenvalue weighted by Crippen LogP contribution is -2.23. The predicted octanol–water partition coefficient (Wildman–Crippen LogP) is 3.60. The zero-order valence-electron chi connectivity index (χ0n) is 18.0. The summed E-state index contributed by atoms with van der Waals surface area (Å²) in [4.78, 5) is 26.5. The van der Waals surface area contributed by atoms with Crippen molar-refractivity contribution in [2.24, 2.45) is 0 Å². The van der Waals surface area contributed by atoms with E-state index in [1.54, 1.807) is 35.2 Å². The number of fused-ring (bicyclic) bond motifs is 1. The molecule has 10 heteroatoms. The van der Waals surface area contributed by atoms with E-state index < -0.39 is 15.9 Å². The van der Waals surface area contributed by atoms with Gasteiger partial charge in [-0.25, -0.2) is 8.42 Å². The van der Waals surface area contributed by atoms with Gasteiger partial charge in [0.1, 0.15) is 0 Å². The fourth-order valence-corrected chi connectivity index (χ4v) is 4.95. The molecule has 2 N–H and O–H groups in total. The Kier molecular flexibility index (Phi) is 5.58. The number of amides is 2. The van der Waals surface area contributed by atoms with Crippen molar-refractivity contribution in [3.63, 3.8) is 0 Å². The van der Waals surface area contributed by atoms with Gasteiger partial charge >= 0.3 is 0 Å². The monoisotopic (exact) mass is 479 g/mol. The minimum Gasteiger partial charge on any atom is -0.454 e. The summed E-state index contributed by atoms with van der Waals surface area (Å²) in [6.45, 7) is 0.729. The van der Waals surface area contributed by atoms with E-state index in [0.29, 0.717) is 41.5 Å². The van der Waals surface area contributed by atoms with E-state index >= 15 is 0 Å². The van der Waals surface area contributed by atoms with Crippen molar-refractivity contribution in [1.29, 1.82) is 0 Å². The molecule has 1 saturated heterocycles. The number of ether oxygens (including phenoxy) is 2. The lowest BCUT2D eigenvalue weighted by molar-refractivity contribution is -0.117. The van der Waals surface area contributed by atoms with Gasteiger partial charge in [0.25, 0.3) is 15.9 Å². The van der Waals surface area contributed by atoms with E-state index in [1.165, 1.54) is 30.3 Å². The van der Waals surface area contributed by atoms with Gasteiger partial charge in [-0.3, -0.25) is 14.3 Å². The minimum absolute atomic E-state index is 0.0522. The molecule has 2 aliphatic heterocycles. The molecule has 1 fully saturated rings. The zero-order chi connectivity index (χ0) is 23.7. The fourth-order valence-electron chi connectivity index (χ4n) is 3.85. The number of rotatable bonds is 6. The van der Waals surface area contributed by atoms with Crippen LogP contribution in [-0.2, 0) is 14.8 Å². The number of benzene rings is 3. The molecular formula is C24H21N3O6S. The maximum absolute atomic E-state index is 12.9. The van der Waals surface area contributed by atoms with Gasteiger partial charge in [0, 0.05) is 36.0 Å². The van der Waals surface area contributed by atoms with Crippen molar-refractivity contribution in [3.05, 3.63) is 72.3 Å². The van der Waals surface area contributed by atoms with Gasteiger partial charge in [-0.2, -0.15) is 0 Å². The highest BCUT2D eigenvalue weighted by atomic mass is 32.2. The highest BCUT2D eigenvalue weighted by molar-refractivity contribution is 7.92. The Labute approximate surface area is 196 Å². The van der Waals surface area contributed by atoms with Gasteiger partial charge in [-0.05, 0) is 55.0 Å². The Bertz CT molecular complexity index is 1390. The molecule has 0 unspecified atom stereocenters. The zero-order valence-corrected chi connectivity index (χ0v) is 18.8. The van der Waals surface area contributed by atoms with Crippen LogP contribution in [0.2, 0.25) is 0 Å². The second-order valence-electron chi connectivity index (χ2n) is 7.85. The molecule has 0 atom stereocenters. The van der Waals surface area contributed by atoms with Crippen molar-refractivity contribution in [1.82, 2.24) is 0 Å². The van der Waals surface area contributed by atoms with Gasteiger partial charge in [0.2, 0.25) is 12.7 Å².